The van der Waals surface area contributed by atoms with Crippen LogP contribution in [-0.2, 0) is 0 Å². The molecule has 0 fully saturated rings. The summed E-state index contributed by atoms with van der Waals surface area (Å²) < 4.78 is 11.5. The maximum absolute atomic E-state index is 12.7. The van der Waals surface area contributed by atoms with E-state index in [1.807, 2.05) is 12.1 Å². The van der Waals surface area contributed by atoms with Crippen LogP contribution in [0.3, 0.4) is 0 Å². The van der Waals surface area contributed by atoms with Gasteiger partial charge in [-0.15, -0.1) is 0 Å². The Labute approximate surface area is 164 Å². The van der Waals surface area contributed by atoms with Crippen molar-refractivity contribution in [2.75, 3.05) is 0 Å². The zero-order chi connectivity index (χ0) is 19.4. The number of pyridine rings is 1. The molecule has 136 valence electrons. The van der Waals surface area contributed by atoms with E-state index in [1.54, 1.807) is 43.6 Å². The lowest BCUT2D eigenvalue weighted by molar-refractivity contribution is 0.0990. The Morgan fingerprint density at radius 3 is 2.46 bits per heavy atom. The van der Waals surface area contributed by atoms with Crippen molar-refractivity contribution in [1.82, 2.24) is 4.98 Å². The van der Waals surface area contributed by atoms with Gasteiger partial charge in [-0.05, 0) is 42.8 Å². The van der Waals surface area contributed by atoms with Crippen molar-refractivity contribution >= 4 is 40.4 Å². The first-order valence-electron chi connectivity index (χ1n) is 8.56. The molecule has 1 aliphatic carbocycles. The summed E-state index contributed by atoms with van der Waals surface area (Å²) in [6, 6.07) is 10.3. The molecule has 5 nitrogen and oxygen atoms in total. The molecule has 0 unspecified atom stereocenters. The average molecular weight is 390 g/mol. The number of aryl methyl sites for hydroxylation is 1. The van der Waals surface area contributed by atoms with E-state index in [1.165, 1.54) is 6.08 Å². The molecule has 1 aromatic carbocycles. The lowest BCUT2D eigenvalue weighted by Crippen LogP contribution is -1.99. The number of halogens is 1. The highest BCUT2D eigenvalue weighted by molar-refractivity contribution is 6.42. The van der Waals surface area contributed by atoms with Gasteiger partial charge in [0.15, 0.2) is 22.7 Å². The highest BCUT2D eigenvalue weighted by atomic mass is 35.5. The summed E-state index contributed by atoms with van der Waals surface area (Å²) in [5.41, 5.74) is 3.38. The molecule has 0 spiro atoms. The molecule has 0 atom stereocenters. The van der Waals surface area contributed by atoms with Gasteiger partial charge in [0.05, 0.1) is 5.57 Å². The number of rotatable bonds is 2. The van der Waals surface area contributed by atoms with Crippen molar-refractivity contribution in [3.63, 3.8) is 0 Å². The molecule has 0 saturated heterocycles. The number of carbonyl (C=O) groups is 2. The average Bonchev–Trinajstić information content (AvgIpc) is 3.31. The number of fused-ring (bicyclic) bond motifs is 2. The minimum atomic E-state index is -0.356. The first kappa shape index (κ1) is 16.7. The Morgan fingerprint density at radius 2 is 1.75 bits per heavy atom. The van der Waals surface area contributed by atoms with Crippen LogP contribution in [0.15, 0.2) is 63.2 Å². The summed E-state index contributed by atoms with van der Waals surface area (Å²) in [6.07, 6.45) is 4.83. The third kappa shape index (κ3) is 2.52. The van der Waals surface area contributed by atoms with Crippen LogP contribution in [0.1, 0.15) is 32.0 Å². The van der Waals surface area contributed by atoms with E-state index in [0.29, 0.717) is 38.8 Å². The Balaban J connectivity index is 1.53. The molecule has 5 rings (SSSR count). The van der Waals surface area contributed by atoms with E-state index in [4.69, 9.17) is 20.4 Å². The molecule has 6 heteroatoms. The molecule has 1 aliphatic rings. The molecule has 0 radical (unpaired) electrons. The van der Waals surface area contributed by atoms with E-state index >= 15 is 0 Å². The van der Waals surface area contributed by atoms with Gasteiger partial charge in [0, 0.05) is 46.2 Å². The second kappa shape index (κ2) is 6.04. The van der Waals surface area contributed by atoms with Crippen LogP contribution in [0.25, 0.3) is 28.6 Å². The van der Waals surface area contributed by atoms with Crippen molar-refractivity contribution in [2.24, 2.45) is 0 Å². The second-order valence-corrected chi connectivity index (χ2v) is 7.00. The number of furan rings is 2. The monoisotopic (exact) mass is 389 g/mol. The lowest BCUT2D eigenvalue weighted by Gasteiger charge is -2.00. The molecule has 4 aromatic rings. The Bertz CT molecular complexity index is 1240. The van der Waals surface area contributed by atoms with E-state index < -0.39 is 0 Å². The molecular formula is C22H12ClNO4. The van der Waals surface area contributed by atoms with Crippen LogP contribution < -0.4 is 0 Å². The number of hydrogen-bond donors (Lipinski definition) is 0. The van der Waals surface area contributed by atoms with Crippen LogP contribution >= 0.6 is 11.6 Å². The van der Waals surface area contributed by atoms with Gasteiger partial charge in [0.25, 0.3) is 0 Å². The molecule has 0 amide bonds. The minimum absolute atomic E-state index is 0.0561. The van der Waals surface area contributed by atoms with Gasteiger partial charge < -0.3 is 8.83 Å². The first-order valence-corrected chi connectivity index (χ1v) is 8.94. The molecule has 3 heterocycles. The van der Waals surface area contributed by atoms with Crippen LogP contribution in [0.4, 0.5) is 0 Å². The summed E-state index contributed by atoms with van der Waals surface area (Å²) in [6.45, 7) is 1.79. The maximum atomic E-state index is 12.7. The number of hydrogen-bond acceptors (Lipinski definition) is 5. The highest BCUT2D eigenvalue weighted by Crippen LogP contribution is 2.34. The molecule has 3 aromatic heterocycles. The first-order chi connectivity index (χ1) is 13.5. The highest BCUT2D eigenvalue weighted by Gasteiger charge is 2.34. The Morgan fingerprint density at radius 1 is 1.00 bits per heavy atom. The minimum Gasteiger partial charge on any atom is -0.453 e. The molecule has 0 saturated carbocycles. The summed E-state index contributed by atoms with van der Waals surface area (Å²) in [4.78, 5) is 29.4. The maximum Gasteiger partial charge on any atom is 0.197 e. The number of nitrogens with zero attached hydrogens (tertiary/aromatic N) is 1. The van der Waals surface area contributed by atoms with E-state index in [0.717, 1.165) is 11.1 Å². The normalized spacial score (nSPS) is 15.0. The fraction of sp³-hybridized carbons (Fsp3) is 0.0455. The molecule has 0 aliphatic heterocycles. The van der Waals surface area contributed by atoms with E-state index in [2.05, 4.69) is 4.98 Å². The van der Waals surface area contributed by atoms with Gasteiger partial charge in [-0.1, -0.05) is 11.6 Å². The third-order valence-electron chi connectivity index (χ3n) is 4.74. The van der Waals surface area contributed by atoms with Crippen LogP contribution in [-0.4, -0.2) is 16.6 Å². The summed E-state index contributed by atoms with van der Waals surface area (Å²) >= 11 is 6.10. The Kier molecular flexibility index (Phi) is 3.60. The van der Waals surface area contributed by atoms with Crippen LogP contribution in [0, 0.1) is 6.92 Å². The molecule has 0 bridgehead atoms. The number of ketones is 2. The third-order valence-corrected chi connectivity index (χ3v) is 5.14. The van der Waals surface area contributed by atoms with Gasteiger partial charge in [0.1, 0.15) is 11.5 Å². The van der Waals surface area contributed by atoms with Gasteiger partial charge >= 0.3 is 0 Å². The van der Waals surface area contributed by atoms with Gasteiger partial charge in [-0.2, -0.15) is 0 Å². The van der Waals surface area contributed by atoms with Crippen LogP contribution in [0.5, 0.6) is 0 Å². The van der Waals surface area contributed by atoms with Gasteiger partial charge in [-0.25, -0.2) is 0 Å². The molecule has 28 heavy (non-hydrogen) atoms. The number of carbonyl (C=O) groups excluding carboxylic acids is 2. The SMILES string of the molecule is Cc1cc2c(cc1Cl)C(=O)/C(=C\c1cc3oc(-c4cccnc4)cc3o1)C2=O. The number of allylic oxidation sites excluding steroid dienone is 1. The summed E-state index contributed by atoms with van der Waals surface area (Å²) in [7, 11) is 0. The zero-order valence-electron chi connectivity index (χ0n) is 14.7. The summed E-state index contributed by atoms with van der Waals surface area (Å²) in [5.74, 6) is 0.320. The van der Waals surface area contributed by atoms with Crippen molar-refractivity contribution in [1.29, 1.82) is 0 Å². The van der Waals surface area contributed by atoms with Gasteiger partial charge in [-0.3, -0.25) is 14.6 Å². The fourth-order valence-electron chi connectivity index (χ4n) is 3.30. The van der Waals surface area contributed by atoms with Crippen molar-refractivity contribution in [3.8, 4) is 11.3 Å². The zero-order valence-corrected chi connectivity index (χ0v) is 15.4. The standard InChI is InChI=1S/C22H12ClNO4/c1-11-5-14-15(8-17(11)23)22(26)16(21(14)25)6-13-7-19-20(27-13)9-18(28-19)12-3-2-4-24-10-12/h2-10H,1H3/b16-6-. The van der Waals surface area contributed by atoms with Crippen molar-refractivity contribution in [3.05, 3.63) is 81.8 Å². The topological polar surface area (TPSA) is 73.3 Å². The second-order valence-electron chi connectivity index (χ2n) is 6.59. The molecule has 0 N–H and O–H groups in total. The van der Waals surface area contributed by atoms with Crippen molar-refractivity contribution < 1.29 is 18.4 Å². The lowest BCUT2D eigenvalue weighted by atomic mass is 10.1. The fourth-order valence-corrected chi connectivity index (χ4v) is 3.46. The predicted molar refractivity (Wildman–Crippen MR) is 105 cm³/mol. The number of benzene rings is 1. The largest absolute Gasteiger partial charge is 0.453 e. The number of Topliss-reactive ketones (excluding diaryl/α,β-unsaturated/α-hetero) is 2. The smallest absolute Gasteiger partial charge is 0.197 e. The quantitative estimate of drug-likeness (QED) is 0.333. The summed E-state index contributed by atoms with van der Waals surface area (Å²) in [5, 5.41) is 0.458. The van der Waals surface area contributed by atoms with Crippen LogP contribution in [0.2, 0.25) is 5.02 Å². The van der Waals surface area contributed by atoms with Gasteiger partial charge in [0.2, 0.25) is 0 Å². The number of aromatic nitrogens is 1. The van der Waals surface area contributed by atoms with E-state index in [-0.39, 0.29) is 17.1 Å². The van der Waals surface area contributed by atoms with Crippen molar-refractivity contribution in [2.45, 2.75) is 6.92 Å². The van der Waals surface area contributed by atoms with E-state index in [9.17, 15) is 9.59 Å². The Hall–Kier alpha value is -3.44. The predicted octanol–water partition coefficient (Wildman–Crippen LogP) is 5.51. The molecular weight excluding hydrogens is 378 g/mol.